The van der Waals surface area contributed by atoms with Crippen molar-refractivity contribution in [2.45, 2.75) is 12.8 Å². The van der Waals surface area contributed by atoms with Crippen LogP contribution in [0.15, 0.2) is 42.5 Å². The topological polar surface area (TPSA) is 20.2 Å². The maximum absolute atomic E-state index is 13.2. The molecule has 0 spiro atoms. The van der Waals surface area contributed by atoms with Gasteiger partial charge in [-0.05, 0) is 34.9 Å². The third-order valence-electron chi connectivity index (χ3n) is 2.76. The molecule has 0 radical (unpaired) electrons. The number of rotatable bonds is 2. The van der Waals surface area contributed by atoms with Crippen LogP contribution in [-0.4, -0.2) is 5.11 Å². The molecule has 0 aliphatic carbocycles. The fourth-order valence-electron chi connectivity index (χ4n) is 1.90. The van der Waals surface area contributed by atoms with Crippen LogP contribution in [0.3, 0.4) is 0 Å². The van der Waals surface area contributed by atoms with Crippen molar-refractivity contribution < 1.29 is 22.7 Å². The Hall–Kier alpha value is -1.88. The van der Waals surface area contributed by atoms with E-state index in [0.717, 1.165) is 18.2 Å². The van der Waals surface area contributed by atoms with E-state index in [1.165, 1.54) is 24.3 Å². The summed E-state index contributed by atoms with van der Waals surface area (Å²) in [4.78, 5) is 0. The largest absolute Gasteiger partial charge is 0.417 e. The monoisotopic (exact) mass is 270 g/mol. The Labute approximate surface area is 107 Å². The average Bonchev–Trinajstić information content (AvgIpc) is 2.37. The molecule has 0 saturated heterocycles. The van der Waals surface area contributed by atoms with Crippen molar-refractivity contribution in [3.63, 3.8) is 0 Å². The van der Waals surface area contributed by atoms with Crippen LogP contribution in [-0.2, 0) is 12.8 Å². The molecule has 0 bridgehead atoms. The van der Waals surface area contributed by atoms with E-state index in [2.05, 4.69) is 0 Å². The summed E-state index contributed by atoms with van der Waals surface area (Å²) in [6, 6.07) is 8.28. The number of hydrogen-bond acceptors (Lipinski definition) is 1. The molecule has 0 aliphatic rings. The molecule has 0 heterocycles. The first-order valence-electron chi connectivity index (χ1n) is 5.49. The number of halogens is 4. The predicted octanol–water partition coefficient (Wildman–Crippen LogP) is 4.00. The van der Waals surface area contributed by atoms with Gasteiger partial charge in [0.1, 0.15) is 5.82 Å². The molecule has 1 N–H and O–H groups in total. The van der Waals surface area contributed by atoms with Crippen molar-refractivity contribution in [3.8, 4) is 11.1 Å². The molecule has 0 amide bonds. The van der Waals surface area contributed by atoms with E-state index in [1.54, 1.807) is 0 Å². The Morgan fingerprint density at radius 2 is 1.63 bits per heavy atom. The van der Waals surface area contributed by atoms with Crippen molar-refractivity contribution in [3.05, 3.63) is 59.4 Å². The Balaban J connectivity index is 2.69. The highest BCUT2D eigenvalue weighted by Gasteiger charge is 2.33. The average molecular weight is 270 g/mol. The third-order valence-corrected chi connectivity index (χ3v) is 2.76. The number of hydrogen-bond donors (Lipinski definition) is 1. The van der Waals surface area contributed by atoms with Crippen molar-refractivity contribution in [2.24, 2.45) is 0 Å². The fourth-order valence-corrected chi connectivity index (χ4v) is 1.90. The summed E-state index contributed by atoms with van der Waals surface area (Å²) >= 11 is 0. The molecule has 1 nitrogen and oxygen atoms in total. The first-order valence-corrected chi connectivity index (χ1v) is 5.49. The summed E-state index contributed by atoms with van der Waals surface area (Å²) in [5, 5.41) is 9.16. The summed E-state index contributed by atoms with van der Waals surface area (Å²) in [5.41, 5.74) is -0.692. The summed E-state index contributed by atoms with van der Waals surface area (Å²) in [6.07, 6.45) is -4.53. The van der Waals surface area contributed by atoms with Gasteiger partial charge < -0.3 is 5.11 Å². The van der Waals surface area contributed by atoms with Crippen LogP contribution in [0.2, 0.25) is 0 Å². The van der Waals surface area contributed by atoms with Crippen LogP contribution < -0.4 is 0 Å². The molecule has 2 aromatic carbocycles. The van der Waals surface area contributed by atoms with Gasteiger partial charge >= 0.3 is 6.18 Å². The van der Waals surface area contributed by atoms with E-state index in [-0.39, 0.29) is 16.7 Å². The van der Waals surface area contributed by atoms with Crippen molar-refractivity contribution in [1.29, 1.82) is 0 Å². The van der Waals surface area contributed by atoms with Gasteiger partial charge in [0.15, 0.2) is 0 Å². The predicted molar refractivity (Wildman–Crippen MR) is 62.8 cm³/mol. The van der Waals surface area contributed by atoms with Gasteiger partial charge in [0.25, 0.3) is 0 Å². The third kappa shape index (κ3) is 2.76. The fraction of sp³-hybridized carbons (Fsp3) is 0.143. The zero-order valence-electron chi connectivity index (χ0n) is 9.71. The lowest BCUT2D eigenvalue weighted by molar-refractivity contribution is -0.137. The molecular formula is C14H10F4O. The molecule has 0 saturated carbocycles. The molecule has 0 fully saturated rings. The van der Waals surface area contributed by atoms with E-state index in [1.807, 2.05) is 0 Å². The quantitative estimate of drug-likeness (QED) is 0.818. The van der Waals surface area contributed by atoms with Gasteiger partial charge in [-0.15, -0.1) is 0 Å². The Morgan fingerprint density at radius 3 is 2.26 bits per heavy atom. The lowest BCUT2D eigenvalue weighted by Crippen LogP contribution is -2.07. The Bertz CT molecular complexity index is 590. The maximum atomic E-state index is 13.2. The number of aliphatic hydroxyl groups excluding tert-OH is 1. The normalized spacial score (nSPS) is 11.6. The van der Waals surface area contributed by atoms with Gasteiger partial charge in [-0.2, -0.15) is 13.2 Å². The van der Waals surface area contributed by atoms with Crippen molar-refractivity contribution >= 4 is 0 Å². The first kappa shape index (κ1) is 13.5. The molecule has 100 valence electrons. The Morgan fingerprint density at radius 1 is 0.947 bits per heavy atom. The van der Waals surface area contributed by atoms with Crippen LogP contribution in [0.25, 0.3) is 11.1 Å². The van der Waals surface area contributed by atoms with E-state index >= 15 is 0 Å². The van der Waals surface area contributed by atoms with Gasteiger partial charge in [-0.25, -0.2) is 4.39 Å². The standard InChI is InChI=1S/C14H10F4O/c15-10-6-5-9(8-19)12(7-10)11-3-1-2-4-13(11)14(16,17)18/h1-7,19H,8H2. The van der Waals surface area contributed by atoms with E-state index in [4.69, 9.17) is 5.11 Å². The number of benzene rings is 2. The summed E-state index contributed by atoms with van der Waals surface area (Å²) in [5.74, 6) is -0.649. The number of alkyl halides is 3. The van der Waals surface area contributed by atoms with Crippen LogP contribution in [0.5, 0.6) is 0 Å². The molecule has 0 atom stereocenters. The van der Waals surface area contributed by atoms with E-state index in [0.29, 0.717) is 0 Å². The van der Waals surface area contributed by atoms with Crippen molar-refractivity contribution in [1.82, 2.24) is 0 Å². The highest BCUT2D eigenvalue weighted by Crippen LogP contribution is 2.38. The molecule has 5 heteroatoms. The van der Waals surface area contributed by atoms with Gasteiger partial charge in [0.2, 0.25) is 0 Å². The lowest BCUT2D eigenvalue weighted by Gasteiger charge is -2.15. The van der Waals surface area contributed by atoms with Gasteiger partial charge in [0.05, 0.1) is 12.2 Å². The van der Waals surface area contributed by atoms with Crippen LogP contribution in [0.4, 0.5) is 17.6 Å². The summed E-state index contributed by atoms with van der Waals surface area (Å²) < 4.78 is 52.0. The highest BCUT2D eigenvalue weighted by atomic mass is 19.4. The van der Waals surface area contributed by atoms with Crippen LogP contribution in [0, 0.1) is 5.82 Å². The Kier molecular flexibility index (Phi) is 3.57. The second-order valence-electron chi connectivity index (χ2n) is 4.00. The minimum atomic E-state index is -4.53. The highest BCUT2D eigenvalue weighted by molar-refractivity contribution is 5.71. The molecule has 19 heavy (non-hydrogen) atoms. The SMILES string of the molecule is OCc1ccc(F)cc1-c1ccccc1C(F)(F)F. The lowest BCUT2D eigenvalue weighted by atomic mass is 9.95. The molecule has 0 aromatic heterocycles. The zero-order valence-corrected chi connectivity index (χ0v) is 9.71. The molecular weight excluding hydrogens is 260 g/mol. The first-order chi connectivity index (χ1) is 8.93. The minimum absolute atomic E-state index is 0.0513. The van der Waals surface area contributed by atoms with Gasteiger partial charge in [-0.1, -0.05) is 24.3 Å². The summed E-state index contributed by atoms with van der Waals surface area (Å²) in [7, 11) is 0. The van der Waals surface area contributed by atoms with Crippen molar-refractivity contribution in [2.75, 3.05) is 0 Å². The molecule has 0 aliphatic heterocycles. The summed E-state index contributed by atoms with van der Waals surface area (Å²) in [6.45, 7) is -0.457. The van der Waals surface area contributed by atoms with E-state index < -0.39 is 24.2 Å². The smallest absolute Gasteiger partial charge is 0.392 e. The van der Waals surface area contributed by atoms with Gasteiger partial charge in [-0.3, -0.25) is 0 Å². The molecule has 0 unspecified atom stereocenters. The number of aliphatic hydroxyl groups is 1. The van der Waals surface area contributed by atoms with Crippen LogP contribution in [0.1, 0.15) is 11.1 Å². The minimum Gasteiger partial charge on any atom is -0.392 e. The maximum Gasteiger partial charge on any atom is 0.417 e. The van der Waals surface area contributed by atoms with Gasteiger partial charge in [0, 0.05) is 0 Å². The second-order valence-corrected chi connectivity index (χ2v) is 4.00. The zero-order chi connectivity index (χ0) is 14.0. The second kappa shape index (κ2) is 5.01. The van der Waals surface area contributed by atoms with E-state index in [9.17, 15) is 17.6 Å². The molecule has 2 rings (SSSR count). The molecule has 2 aromatic rings. The van der Waals surface area contributed by atoms with Crippen LogP contribution >= 0.6 is 0 Å².